The molecule has 4 heteroatoms. The van der Waals surface area contributed by atoms with E-state index in [1.54, 1.807) is 18.3 Å². The molecule has 0 aromatic carbocycles. The molecule has 0 radical (unpaired) electrons. The maximum Gasteiger partial charge on any atom is 0.115 e. The molecule has 9 heavy (non-hydrogen) atoms. The van der Waals surface area contributed by atoms with Crippen LogP contribution >= 0.6 is 11.9 Å². The van der Waals surface area contributed by atoms with Crippen LogP contribution in [0.15, 0.2) is 9.98 Å². The fourth-order valence-electron chi connectivity index (χ4n) is 0.934. The molecule has 1 saturated heterocycles. The minimum absolute atomic E-state index is 0.385. The summed E-state index contributed by atoms with van der Waals surface area (Å²) in [7, 11) is 0. The summed E-state index contributed by atoms with van der Waals surface area (Å²) in [5.74, 6) is 0. The summed E-state index contributed by atoms with van der Waals surface area (Å²) in [6.07, 6.45) is 2.75. The molecule has 2 heterocycles. The fraction of sp³-hybridized carbons (Fsp3) is 0.600. The van der Waals surface area contributed by atoms with Gasteiger partial charge in [-0.05, 0) is 18.4 Å². The molecular formula is C5H7N3S. The molecular weight excluding hydrogens is 134 g/mol. The highest BCUT2D eigenvalue weighted by atomic mass is 32.2. The molecule has 1 fully saturated rings. The van der Waals surface area contributed by atoms with Gasteiger partial charge in [0.25, 0.3) is 0 Å². The third-order valence-corrected chi connectivity index (χ3v) is 2.35. The molecule has 2 rings (SSSR count). The number of fused-ring (bicyclic) bond motifs is 1. The fourth-order valence-corrected chi connectivity index (χ4v) is 1.72. The van der Waals surface area contributed by atoms with Crippen molar-refractivity contribution in [1.29, 1.82) is 0 Å². The third kappa shape index (κ3) is 0.881. The van der Waals surface area contributed by atoms with Crippen molar-refractivity contribution in [2.75, 3.05) is 6.54 Å². The predicted molar refractivity (Wildman–Crippen MR) is 39.9 cm³/mol. The monoisotopic (exact) mass is 141 g/mol. The topological polar surface area (TPSA) is 36.8 Å². The van der Waals surface area contributed by atoms with Gasteiger partial charge in [0.1, 0.15) is 17.4 Å². The number of hydrogen-bond donors (Lipinski definition) is 1. The molecule has 1 atom stereocenters. The quantitative estimate of drug-likeness (QED) is 0.497. The second-order valence-electron chi connectivity index (χ2n) is 2.03. The van der Waals surface area contributed by atoms with Crippen molar-refractivity contribution in [2.45, 2.75) is 12.5 Å². The molecule has 2 aliphatic rings. The molecule has 0 spiro atoms. The number of nitrogens with zero attached hydrogens (tertiary/aromatic N) is 2. The summed E-state index contributed by atoms with van der Waals surface area (Å²) in [6.45, 7) is 1.05. The lowest BCUT2D eigenvalue weighted by molar-refractivity contribution is 0.743. The van der Waals surface area contributed by atoms with Gasteiger partial charge in [-0.2, -0.15) is 0 Å². The van der Waals surface area contributed by atoms with Crippen LogP contribution in [0.3, 0.4) is 0 Å². The largest absolute Gasteiger partial charge is 0.263 e. The average molecular weight is 141 g/mol. The van der Waals surface area contributed by atoms with Gasteiger partial charge in [-0.1, -0.05) is 0 Å². The molecule has 0 aromatic rings. The van der Waals surface area contributed by atoms with Crippen molar-refractivity contribution >= 4 is 23.3 Å². The molecule has 1 N–H and O–H groups in total. The van der Waals surface area contributed by atoms with Crippen molar-refractivity contribution in [3.63, 3.8) is 0 Å². The normalized spacial score (nSPS) is 32.0. The van der Waals surface area contributed by atoms with Crippen molar-refractivity contribution in [3.05, 3.63) is 0 Å². The Hall–Kier alpha value is -0.350. The van der Waals surface area contributed by atoms with Gasteiger partial charge in [0.2, 0.25) is 0 Å². The van der Waals surface area contributed by atoms with Crippen molar-refractivity contribution in [3.8, 4) is 0 Å². The van der Waals surface area contributed by atoms with Crippen molar-refractivity contribution in [2.24, 2.45) is 9.98 Å². The molecule has 0 bridgehead atoms. The van der Waals surface area contributed by atoms with Crippen LogP contribution in [0.25, 0.3) is 0 Å². The molecule has 48 valence electrons. The smallest absolute Gasteiger partial charge is 0.115 e. The minimum Gasteiger partial charge on any atom is -0.263 e. The standard InChI is InChI=1S/C5H7N3S/c1-2-8-9-5-4(1)6-3-7-5/h3-4,8H,1-2H2. The van der Waals surface area contributed by atoms with Gasteiger partial charge < -0.3 is 0 Å². The Morgan fingerprint density at radius 3 is 3.67 bits per heavy atom. The molecule has 1 unspecified atom stereocenters. The molecule has 0 aromatic heterocycles. The highest BCUT2D eigenvalue weighted by Crippen LogP contribution is 2.18. The highest BCUT2D eigenvalue weighted by Gasteiger charge is 2.21. The number of aliphatic imine (C=N–C) groups is 2. The van der Waals surface area contributed by atoms with Crippen LogP contribution in [0, 0.1) is 0 Å². The van der Waals surface area contributed by atoms with Crippen LogP contribution in [0.5, 0.6) is 0 Å². The van der Waals surface area contributed by atoms with Gasteiger partial charge in [0, 0.05) is 6.54 Å². The highest BCUT2D eigenvalue weighted by molar-refractivity contribution is 8.12. The van der Waals surface area contributed by atoms with E-state index >= 15 is 0 Å². The van der Waals surface area contributed by atoms with E-state index in [4.69, 9.17) is 0 Å². The van der Waals surface area contributed by atoms with Crippen LogP contribution in [0.4, 0.5) is 0 Å². The second kappa shape index (κ2) is 2.11. The van der Waals surface area contributed by atoms with Crippen LogP contribution in [-0.2, 0) is 0 Å². The Morgan fingerprint density at radius 1 is 1.78 bits per heavy atom. The summed E-state index contributed by atoms with van der Waals surface area (Å²) >= 11 is 1.61. The van der Waals surface area contributed by atoms with Crippen LogP contribution in [0.2, 0.25) is 0 Å². The summed E-state index contributed by atoms with van der Waals surface area (Å²) in [4.78, 5) is 8.25. The lowest BCUT2D eigenvalue weighted by Gasteiger charge is -2.15. The summed E-state index contributed by atoms with van der Waals surface area (Å²) in [5, 5.41) is 1.13. The summed E-state index contributed by atoms with van der Waals surface area (Å²) in [6, 6.07) is 0.385. The van der Waals surface area contributed by atoms with Gasteiger partial charge in [0.15, 0.2) is 0 Å². The van der Waals surface area contributed by atoms with Gasteiger partial charge in [0.05, 0.1) is 0 Å². The van der Waals surface area contributed by atoms with E-state index in [0.717, 1.165) is 18.0 Å². The number of rotatable bonds is 0. The number of hydrogen-bond acceptors (Lipinski definition) is 4. The Balaban J connectivity index is 2.16. The molecule has 0 saturated carbocycles. The summed E-state index contributed by atoms with van der Waals surface area (Å²) in [5.41, 5.74) is 0. The van der Waals surface area contributed by atoms with Gasteiger partial charge in [-0.3, -0.25) is 9.71 Å². The zero-order valence-corrected chi connectivity index (χ0v) is 5.69. The van der Waals surface area contributed by atoms with Crippen LogP contribution < -0.4 is 4.72 Å². The van der Waals surface area contributed by atoms with Crippen molar-refractivity contribution in [1.82, 2.24) is 4.72 Å². The van der Waals surface area contributed by atoms with Gasteiger partial charge in [-0.15, -0.1) is 0 Å². The average Bonchev–Trinajstić information content (AvgIpc) is 2.33. The maximum absolute atomic E-state index is 4.17. The molecule has 0 amide bonds. The Labute approximate surface area is 57.8 Å². The Kier molecular flexibility index (Phi) is 1.28. The predicted octanol–water partition coefficient (Wildman–Crippen LogP) is 0.437. The van der Waals surface area contributed by atoms with E-state index in [-0.39, 0.29) is 0 Å². The zero-order valence-electron chi connectivity index (χ0n) is 4.87. The van der Waals surface area contributed by atoms with E-state index in [9.17, 15) is 0 Å². The Bertz CT molecular complexity index is 175. The first-order valence-corrected chi connectivity index (χ1v) is 3.77. The first-order valence-electron chi connectivity index (χ1n) is 2.96. The van der Waals surface area contributed by atoms with Crippen LogP contribution in [-0.4, -0.2) is 24.0 Å². The lowest BCUT2D eigenvalue weighted by atomic mass is 10.2. The van der Waals surface area contributed by atoms with Gasteiger partial charge in [-0.25, -0.2) is 4.99 Å². The minimum atomic E-state index is 0.385. The van der Waals surface area contributed by atoms with E-state index in [0.29, 0.717) is 6.04 Å². The second-order valence-corrected chi connectivity index (χ2v) is 2.94. The first-order chi connectivity index (χ1) is 4.47. The van der Waals surface area contributed by atoms with Crippen molar-refractivity contribution < 1.29 is 0 Å². The molecule has 0 aliphatic carbocycles. The van der Waals surface area contributed by atoms with Crippen LogP contribution in [0.1, 0.15) is 6.42 Å². The maximum atomic E-state index is 4.17. The molecule has 2 aliphatic heterocycles. The summed E-state index contributed by atoms with van der Waals surface area (Å²) < 4.78 is 3.16. The SMILES string of the molecule is C1=NC2CCNSC2=N1. The zero-order chi connectivity index (χ0) is 6.10. The first kappa shape index (κ1) is 5.44. The number of nitrogens with one attached hydrogen (secondary N) is 1. The van der Waals surface area contributed by atoms with E-state index < -0.39 is 0 Å². The lowest BCUT2D eigenvalue weighted by Crippen LogP contribution is -2.27. The molecule has 3 nitrogen and oxygen atoms in total. The third-order valence-electron chi connectivity index (χ3n) is 1.41. The van der Waals surface area contributed by atoms with E-state index in [1.807, 2.05) is 0 Å². The van der Waals surface area contributed by atoms with E-state index in [1.165, 1.54) is 0 Å². The Morgan fingerprint density at radius 2 is 2.78 bits per heavy atom. The van der Waals surface area contributed by atoms with Gasteiger partial charge >= 0.3 is 0 Å². The van der Waals surface area contributed by atoms with E-state index in [2.05, 4.69) is 14.7 Å².